The highest BCUT2D eigenvalue weighted by atomic mass is 19.1. The van der Waals surface area contributed by atoms with Crippen LogP contribution in [0, 0.1) is 12.7 Å². The normalized spacial score (nSPS) is 10.8. The molecule has 0 saturated carbocycles. The largest absolute Gasteiger partial charge is 0.381 e. The zero-order chi connectivity index (χ0) is 13.2. The number of aromatic nitrogens is 2. The maximum Gasteiger partial charge on any atom is 0.125 e. The number of anilines is 1. The fourth-order valence-corrected chi connectivity index (χ4v) is 2.10. The molecule has 0 fully saturated rings. The van der Waals surface area contributed by atoms with Crippen molar-refractivity contribution in [3.05, 3.63) is 65.7 Å². The Morgan fingerprint density at radius 1 is 1.26 bits per heavy atom. The lowest BCUT2D eigenvalue weighted by atomic mass is 10.2. The lowest BCUT2D eigenvalue weighted by molar-refractivity contribution is 0.628. The number of halogens is 1. The molecule has 0 aliphatic carbocycles. The number of hydrogen-bond acceptors (Lipinski definition) is 2. The van der Waals surface area contributed by atoms with Crippen LogP contribution in [-0.4, -0.2) is 9.61 Å². The van der Waals surface area contributed by atoms with E-state index in [1.165, 1.54) is 12.1 Å². The second-order valence-electron chi connectivity index (χ2n) is 4.51. The van der Waals surface area contributed by atoms with Gasteiger partial charge in [0.25, 0.3) is 0 Å². The van der Waals surface area contributed by atoms with Gasteiger partial charge in [0, 0.05) is 24.0 Å². The third kappa shape index (κ3) is 2.29. The van der Waals surface area contributed by atoms with Crippen LogP contribution in [0.4, 0.5) is 10.1 Å². The second-order valence-corrected chi connectivity index (χ2v) is 4.51. The molecule has 0 amide bonds. The van der Waals surface area contributed by atoms with Crippen molar-refractivity contribution >= 4 is 11.2 Å². The number of nitrogens with zero attached hydrogens (tertiary/aromatic N) is 2. The van der Waals surface area contributed by atoms with E-state index < -0.39 is 0 Å². The molecule has 2 aromatic heterocycles. The van der Waals surface area contributed by atoms with Gasteiger partial charge in [-0.3, -0.25) is 0 Å². The summed E-state index contributed by atoms with van der Waals surface area (Å²) in [5.41, 5.74) is 3.99. The summed E-state index contributed by atoms with van der Waals surface area (Å²) in [6, 6.07) is 10.7. The van der Waals surface area contributed by atoms with Gasteiger partial charge in [0.15, 0.2) is 0 Å². The van der Waals surface area contributed by atoms with E-state index in [-0.39, 0.29) is 5.82 Å². The molecule has 0 spiro atoms. The molecule has 3 nitrogen and oxygen atoms in total. The molecule has 0 aliphatic rings. The van der Waals surface area contributed by atoms with Crippen molar-refractivity contribution in [1.82, 2.24) is 9.61 Å². The van der Waals surface area contributed by atoms with Gasteiger partial charge in [0.1, 0.15) is 5.82 Å². The van der Waals surface area contributed by atoms with Gasteiger partial charge in [0.05, 0.1) is 11.7 Å². The van der Waals surface area contributed by atoms with Crippen LogP contribution in [0.5, 0.6) is 0 Å². The molecule has 0 atom stereocenters. The third-order valence-electron chi connectivity index (χ3n) is 3.18. The highest BCUT2D eigenvalue weighted by molar-refractivity contribution is 5.56. The number of nitrogens with one attached hydrogen (secondary N) is 1. The Labute approximate surface area is 110 Å². The Kier molecular flexibility index (Phi) is 2.91. The third-order valence-corrected chi connectivity index (χ3v) is 3.18. The summed E-state index contributed by atoms with van der Waals surface area (Å²) in [6.45, 7) is 2.58. The number of pyridine rings is 1. The average molecular weight is 255 g/mol. The predicted molar refractivity (Wildman–Crippen MR) is 73.7 cm³/mol. The molecule has 1 aromatic carbocycles. The molecule has 0 radical (unpaired) electrons. The Bertz CT molecular complexity index is 718. The van der Waals surface area contributed by atoms with Crippen LogP contribution in [-0.2, 0) is 6.54 Å². The zero-order valence-electron chi connectivity index (χ0n) is 10.6. The van der Waals surface area contributed by atoms with Crippen molar-refractivity contribution in [3.63, 3.8) is 0 Å². The zero-order valence-corrected chi connectivity index (χ0v) is 10.6. The Hall–Kier alpha value is -2.36. The highest BCUT2D eigenvalue weighted by Gasteiger charge is 2.04. The first-order valence-corrected chi connectivity index (χ1v) is 6.15. The Morgan fingerprint density at radius 2 is 2.16 bits per heavy atom. The first-order valence-electron chi connectivity index (χ1n) is 6.15. The van der Waals surface area contributed by atoms with Crippen LogP contribution in [0.2, 0.25) is 0 Å². The second kappa shape index (κ2) is 4.72. The highest BCUT2D eigenvalue weighted by Crippen LogP contribution is 2.18. The van der Waals surface area contributed by atoms with Crippen molar-refractivity contribution in [2.45, 2.75) is 13.5 Å². The molecule has 0 aliphatic heterocycles. The van der Waals surface area contributed by atoms with Crippen molar-refractivity contribution in [1.29, 1.82) is 0 Å². The summed E-state index contributed by atoms with van der Waals surface area (Å²) in [7, 11) is 0. The van der Waals surface area contributed by atoms with E-state index in [2.05, 4.69) is 10.4 Å². The van der Waals surface area contributed by atoms with Crippen molar-refractivity contribution in [2.24, 2.45) is 0 Å². The Balaban J connectivity index is 1.84. The fourth-order valence-electron chi connectivity index (χ4n) is 2.10. The maximum absolute atomic E-state index is 13.2. The standard InChI is InChI=1S/C15H14FN3/c1-11-5-6-13(16)8-14(11)17-9-12-10-18-19-7-3-2-4-15(12)19/h2-8,10,17H,9H2,1H3. The van der Waals surface area contributed by atoms with Crippen molar-refractivity contribution in [3.8, 4) is 0 Å². The summed E-state index contributed by atoms with van der Waals surface area (Å²) < 4.78 is 15.0. The molecule has 0 saturated heterocycles. The van der Waals surface area contributed by atoms with E-state index in [4.69, 9.17) is 0 Å². The van der Waals surface area contributed by atoms with Gasteiger partial charge >= 0.3 is 0 Å². The van der Waals surface area contributed by atoms with E-state index in [0.717, 1.165) is 22.3 Å². The lowest BCUT2D eigenvalue weighted by Crippen LogP contribution is -2.01. The minimum Gasteiger partial charge on any atom is -0.381 e. The van der Waals surface area contributed by atoms with Crippen LogP contribution in [0.3, 0.4) is 0 Å². The van der Waals surface area contributed by atoms with Crippen LogP contribution >= 0.6 is 0 Å². The molecule has 1 N–H and O–H groups in total. The molecule has 2 heterocycles. The molecule has 3 rings (SSSR count). The van der Waals surface area contributed by atoms with Gasteiger partial charge < -0.3 is 5.32 Å². The summed E-state index contributed by atoms with van der Waals surface area (Å²) in [6.07, 6.45) is 3.74. The molecule has 0 bridgehead atoms. The monoisotopic (exact) mass is 255 g/mol. The van der Waals surface area contributed by atoms with Crippen molar-refractivity contribution in [2.75, 3.05) is 5.32 Å². The van der Waals surface area contributed by atoms with Gasteiger partial charge in [-0.1, -0.05) is 12.1 Å². The van der Waals surface area contributed by atoms with Gasteiger partial charge in [0.2, 0.25) is 0 Å². The first-order chi connectivity index (χ1) is 9.24. The molecule has 4 heteroatoms. The van der Waals surface area contributed by atoms with E-state index in [1.54, 1.807) is 6.07 Å². The summed E-state index contributed by atoms with van der Waals surface area (Å²) in [4.78, 5) is 0. The van der Waals surface area contributed by atoms with E-state index in [1.807, 2.05) is 42.0 Å². The molecule has 19 heavy (non-hydrogen) atoms. The van der Waals surface area contributed by atoms with Gasteiger partial charge in [-0.15, -0.1) is 0 Å². The molecule has 96 valence electrons. The van der Waals surface area contributed by atoms with Crippen molar-refractivity contribution < 1.29 is 4.39 Å². The molecule has 3 aromatic rings. The maximum atomic E-state index is 13.2. The Morgan fingerprint density at radius 3 is 3.05 bits per heavy atom. The van der Waals surface area contributed by atoms with Crippen LogP contribution in [0.25, 0.3) is 5.52 Å². The summed E-state index contributed by atoms with van der Waals surface area (Å²) >= 11 is 0. The van der Waals surface area contributed by atoms with E-state index in [0.29, 0.717) is 6.54 Å². The molecular weight excluding hydrogens is 241 g/mol. The summed E-state index contributed by atoms with van der Waals surface area (Å²) in [5.74, 6) is -0.229. The quantitative estimate of drug-likeness (QED) is 0.777. The van der Waals surface area contributed by atoms with Crippen LogP contribution < -0.4 is 5.32 Å². The smallest absolute Gasteiger partial charge is 0.125 e. The first kappa shape index (κ1) is 11.7. The number of fused-ring (bicyclic) bond motifs is 1. The van der Waals surface area contributed by atoms with Crippen LogP contribution in [0.1, 0.15) is 11.1 Å². The van der Waals surface area contributed by atoms with Gasteiger partial charge in [-0.05, 0) is 36.8 Å². The minimum absolute atomic E-state index is 0.229. The SMILES string of the molecule is Cc1ccc(F)cc1NCc1cnn2ccccc12. The van der Waals surface area contributed by atoms with Gasteiger partial charge in [-0.25, -0.2) is 8.91 Å². The molecule has 0 unspecified atom stereocenters. The topological polar surface area (TPSA) is 29.3 Å². The summed E-state index contributed by atoms with van der Waals surface area (Å²) in [5, 5.41) is 7.53. The fraction of sp³-hybridized carbons (Fsp3) is 0.133. The number of rotatable bonds is 3. The number of benzene rings is 1. The molecular formula is C15H14FN3. The van der Waals surface area contributed by atoms with E-state index in [9.17, 15) is 4.39 Å². The minimum atomic E-state index is -0.229. The van der Waals surface area contributed by atoms with Gasteiger partial charge in [-0.2, -0.15) is 5.10 Å². The predicted octanol–water partition coefficient (Wildman–Crippen LogP) is 3.39. The number of hydrogen-bond donors (Lipinski definition) is 1. The van der Waals surface area contributed by atoms with E-state index >= 15 is 0 Å². The average Bonchev–Trinajstić information content (AvgIpc) is 2.83. The number of aryl methyl sites for hydroxylation is 1. The lowest BCUT2D eigenvalue weighted by Gasteiger charge is -2.08. The van der Waals surface area contributed by atoms with Crippen LogP contribution in [0.15, 0.2) is 48.8 Å².